The van der Waals surface area contributed by atoms with Crippen molar-refractivity contribution in [3.05, 3.63) is 126 Å². The van der Waals surface area contributed by atoms with E-state index >= 15 is 0 Å². The fourth-order valence-electron chi connectivity index (χ4n) is 4.42. The molecule has 9 heteroatoms. The van der Waals surface area contributed by atoms with Gasteiger partial charge in [0.15, 0.2) is 0 Å². The van der Waals surface area contributed by atoms with E-state index in [-0.39, 0.29) is 5.91 Å². The topological polar surface area (TPSA) is 80.3 Å². The number of alkyl halides is 3. The molecule has 0 fully saturated rings. The number of halogens is 3. The van der Waals surface area contributed by atoms with E-state index in [1.807, 2.05) is 24.3 Å². The summed E-state index contributed by atoms with van der Waals surface area (Å²) in [5, 5.41) is 6.41. The van der Waals surface area contributed by atoms with Crippen LogP contribution < -0.4 is 15.4 Å². The number of anilines is 1. The first-order valence-electron chi connectivity index (χ1n) is 12.6. The molecule has 2 N–H and O–H groups in total. The second-order valence-corrected chi connectivity index (χ2v) is 9.20. The lowest BCUT2D eigenvalue weighted by Crippen LogP contribution is -2.23. The number of nitrogens with one attached hydrogen (secondary N) is 2. The highest BCUT2D eigenvalue weighted by Crippen LogP contribution is 2.32. The molecule has 0 aliphatic heterocycles. The van der Waals surface area contributed by atoms with E-state index in [1.165, 1.54) is 18.3 Å². The molecule has 4 aromatic carbocycles. The number of carbonyl (C=O) groups excluding carboxylic acids is 2. The third kappa shape index (κ3) is 6.19. The fourth-order valence-corrected chi connectivity index (χ4v) is 4.42. The number of benzene rings is 4. The number of pyridine rings is 1. The summed E-state index contributed by atoms with van der Waals surface area (Å²) < 4.78 is 44.2. The maximum atomic E-state index is 13.2. The zero-order chi connectivity index (χ0) is 29.0. The highest BCUT2D eigenvalue weighted by atomic mass is 19.4. The Bertz CT molecular complexity index is 1730. The standard InChI is InChI=1S/C32H24F3N3O3/c1-41-29-9-5-2-6-22(29)18-37-30(39)23-16-21-12-15-25(17-28(21)36-19-23)38-31(40)27-8-4-3-7-26(27)20-10-13-24(14-11-20)32(33,34)35/h2-17,19H,18H2,1H3,(H,37,39)(H,38,40). The molecule has 0 aliphatic rings. The quantitative estimate of drug-likeness (QED) is 0.224. The van der Waals surface area contributed by atoms with E-state index < -0.39 is 17.6 Å². The van der Waals surface area contributed by atoms with Crippen molar-refractivity contribution in [2.45, 2.75) is 12.7 Å². The lowest BCUT2D eigenvalue weighted by Gasteiger charge is -2.12. The predicted molar refractivity (Wildman–Crippen MR) is 151 cm³/mol. The molecule has 0 bridgehead atoms. The Kier molecular flexibility index (Phi) is 7.69. The highest BCUT2D eigenvalue weighted by Gasteiger charge is 2.30. The number of fused-ring (bicyclic) bond motifs is 1. The van der Waals surface area contributed by atoms with Gasteiger partial charge in [-0.2, -0.15) is 13.2 Å². The first kappa shape index (κ1) is 27.4. The van der Waals surface area contributed by atoms with Gasteiger partial charge >= 0.3 is 6.18 Å². The summed E-state index contributed by atoms with van der Waals surface area (Å²) in [6.45, 7) is 0.291. The average molecular weight is 556 g/mol. The van der Waals surface area contributed by atoms with E-state index in [1.54, 1.807) is 55.6 Å². The predicted octanol–water partition coefficient (Wildman–Crippen LogP) is 7.11. The number of aromatic nitrogens is 1. The van der Waals surface area contributed by atoms with Gasteiger partial charge in [-0.15, -0.1) is 0 Å². The van der Waals surface area contributed by atoms with Crippen molar-refractivity contribution in [1.29, 1.82) is 0 Å². The van der Waals surface area contributed by atoms with Crippen molar-refractivity contribution in [2.24, 2.45) is 0 Å². The Morgan fingerprint density at radius 3 is 2.34 bits per heavy atom. The van der Waals surface area contributed by atoms with Crippen LogP contribution in [0.5, 0.6) is 5.75 Å². The minimum absolute atomic E-state index is 0.289. The molecule has 206 valence electrons. The third-order valence-electron chi connectivity index (χ3n) is 6.53. The van der Waals surface area contributed by atoms with Gasteiger partial charge in [0.2, 0.25) is 0 Å². The summed E-state index contributed by atoms with van der Waals surface area (Å²) in [7, 11) is 1.57. The van der Waals surface area contributed by atoms with Gasteiger partial charge in [-0.1, -0.05) is 54.6 Å². The molecule has 41 heavy (non-hydrogen) atoms. The third-order valence-corrected chi connectivity index (χ3v) is 6.53. The van der Waals surface area contributed by atoms with Crippen LogP contribution in [-0.2, 0) is 12.7 Å². The van der Waals surface area contributed by atoms with Crippen LogP contribution in [0.1, 0.15) is 31.8 Å². The summed E-state index contributed by atoms with van der Waals surface area (Å²) in [6, 6.07) is 25.6. The van der Waals surface area contributed by atoms with Crippen LogP contribution in [0.25, 0.3) is 22.0 Å². The van der Waals surface area contributed by atoms with Crippen molar-refractivity contribution in [3.63, 3.8) is 0 Å². The summed E-state index contributed by atoms with van der Waals surface area (Å²) in [6.07, 6.45) is -2.98. The van der Waals surface area contributed by atoms with Crippen LogP contribution >= 0.6 is 0 Å². The summed E-state index contributed by atoms with van der Waals surface area (Å²) in [5.41, 5.74) is 2.81. The number of amides is 2. The minimum atomic E-state index is -4.44. The molecule has 6 nitrogen and oxygen atoms in total. The Hall–Kier alpha value is -5.18. The largest absolute Gasteiger partial charge is 0.496 e. The molecule has 1 aromatic heterocycles. The fraction of sp³-hybridized carbons (Fsp3) is 0.0938. The molecule has 5 rings (SSSR count). The monoisotopic (exact) mass is 555 g/mol. The molecule has 0 unspecified atom stereocenters. The maximum Gasteiger partial charge on any atom is 0.416 e. The lowest BCUT2D eigenvalue weighted by molar-refractivity contribution is -0.137. The SMILES string of the molecule is COc1ccccc1CNC(=O)c1cnc2cc(NC(=O)c3ccccc3-c3ccc(C(F)(F)F)cc3)ccc2c1. The molecular formula is C32H24F3N3O3. The number of hydrogen-bond acceptors (Lipinski definition) is 4. The molecule has 0 saturated heterocycles. The number of methoxy groups -OCH3 is 1. The van der Waals surface area contributed by atoms with Gasteiger partial charge in [-0.25, -0.2) is 0 Å². The summed E-state index contributed by atoms with van der Waals surface area (Å²) in [4.78, 5) is 30.3. The van der Waals surface area contributed by atoms with Gasteiger partial charge in [0.25, 0.3) is 11.8 Å². The lowest BCUT2D eigenvalue weighted by atomic mass is 9.98. The van der Waals surface area contributed by atoms with Gasteiger partial charge in [0.1, 0.15) is 5.75 Å². The van der Waals surface area contributed by atoms with Gasteiger partial charge < -0.3 is 15.4 Å². The van der Waals surface area contributed by atoms with Gasteiger partial charge in [0, 0.05) is 34.9 Å². The Labute approximate surface area is 233 Å². The van der Waals surface area contributed by atoms with Crippen molar-refractivity contribution >= 4 is 28.4 Å². The first-order chi connectivity index (χ1) is 19.7. The van der Waals surface area contributed by atoms with Crippen LogP contribution in [0.4, 0.5) is 18.9 Å². The molecule has 0 saturated carbocycles. The minimum Gasteiger partial charge on any atom is -0.496 e. The highest BCUT2D eigenvalue weighted by molar-refractivity contribution is 6.09. The molecule has 0 atom stereocenters. The number of hydrogen-bond donors (Lipinski definition) is 2. The second-order valence-electron chi connectivity index (χ2n) is 9.20. The smallest absolute Gasteiger partial charge is 0.416 e. The zero-order valence-electron chi connectivity index (χ0n) is 21.8. The van der Waals surface area contributed by atoms with Crippen LogP contribution in [0, 0.1) is 0 Å². The Morgan fingerprint density at radius 2 is 1.59 bits per heavy atom. The number of rotatable bonds is 7. The van der Waals surface area contributed by atoms with E-state index in [2.05, 4.69) is 15.6 Å². The number of para-hydroxylation sites is 1. The van der Waals surface area contributed by atoms with E-state index in [0.29, 0.717) is 51.1 Å². The molecule has 0 radical (unpaired) electrons. The van der Waals surface area contributed by atoms with E-state index in [9.17, 15) is 22.8 Å². The summed E-state index contributed by atoms with van der Waals surface area (Å²) >= 11 is 0. The van der Waals surface area contributed by atoms with Gasteiger partial charge in [-0.3, -0.25) is 14.6 Å². The molecule has 5 aromatic rings. The van der Waals surface area contributed by atoms with E-state index in [0.717, 1.165) is 17.7 Å². The molecule has 1 heterocycles. The number of ether oxygens (including phenoxy) is 1. The molecule has 0 spiro atoms. The van der Waals surface area contributed by atoms with Crippen LogP contribution in [0.15, 0.2) is 103 Å². The van der Waals surface area contributed by atoms with Crippen LogP contribution in [0.2, 0.25) is 0 Å². The molecule has 2 amide bonds. The van der Waals surface area contributed by atoms with Crippen molar-refractivity contribution in [1.82, 2.24) is 10.3 Å². The van der Waals surface area contributed by atoms with Gasteiger partial charge in [0.05, 0.1) is 23.8 Å². The van der Waals surface area contributed by atoms with Gasteiger partial charge in [-0.05, 0) is 53.6 Å². The first-order valence-corrected chi connectivity index (χ1v) is 12.6. The number of carbonyl (C=O) groups is 2. The zero-order valence-corrected chi connectivity index (χ0v) is 21.8. The maximum absolute atomic E-state index is 13.2. The summed E-state index contributed by atoms with van der Waals surface area (Å²) in [5.74, 6) is -0.0317. The molecular weight excluding hydrogens is 531 g/mol. The second kappa shape index (κ2) is 11.5. The van der Waals surface area contributed by atoms with Crippen molar-refractivity contribution in [2.75, 3.05) is 12.4 Å². The average Bonchev–Trinajstić information content (AvgIpc) is 2.99. The normalized spacial score (nSPS) is 11.2. The van der Waals surface area contributed by atoms with Crippen LogP contribution in [0.3, 0.4) is 0 Å². The van der Waals surface area contributed by atoms with Crippen molar-refractivity contribution < 1.29 is 27.5 Å². The Balaban J connectivity index is 1.30. The number of nitrogens with zero attached hydrogens (tertiary/aromatic N) is 1. The van der Waals surface area contributed by atoms with E-state index in [4.69, 9.17) is 4.74 Å². The van der Waals surface area contributed by atoms with Crippen molar-refractivity contribution in [3.8, 4) is 16.9 Å². The molecule has 0 aliphatic carbocycles. The van der Waals surface area contributed by atoms with Crippen LogP contribution in [-0.4, -0.2) is 23.9 Å². The Morgan fingerprint density at radius 1 is 0.854 bits per heavy atom.